The molecule has 1 aliphatic carbocycles. The van der Waals surface area contributed by atoms with Crippen LogP contribution in [0.15, 0.2) is 47.1 Å². The number of hydrogen-bond acceptors (Lipinski definition) is 5. The van der Waals surface area contributed by atoms with Crippen LogP contribution in [0.3, 0.4) is 0 Å². The van der Waals surface area contributed by atoms with Gasteiger partial charge in [-0.2, -0.15) is 4.98 Å². The number of hydrogen-bond donors (Lipinski definition) is 1. The van der Waals surface area contributed by atoms with E-state index >= 15 is 0 Å². The molecule has 0 spiro atoms. The van der Waals surface area contributed by atoms with Crippen molar-refractivity contribution in [3.63, 3.8) is 0 Å². The summed E-state index contributed by atoms with van der Waals surface area (Å²) in [7, 11) is 0. The fourth-order valence-corrected chi connectivity index (χ4v) is 2.79. The van der Waals surface area contributed by atoms with E-state index < -0.39 is 6.04 Å². The van der Waals surface area contributed by atoms with E-state index in [1.54, 1.807) is 37.4 Å². The molecule has 1 atom stereocenters. The summed E-state index contributed by atoms with van der Waals surface area (Å²) in [6, 6.07) is 10.1. The number of halogens is 1. The summed E-state index contributed by atoms with van der Waals surface area (Å²) < 4.78 is 5.34. The number of amides is 1. The average Bonchev–Trinajstić information content (AvgIpc) is 3.38. The maximum atomic E-state index is 12.3. The first-order valence-corrected chi connectivity index (χ1v) is 8.84. The number of nitrogens with zero attached hydrogens (tertiary/aromatic N) is 3. The number of carbonyl (C=O) groups excluding carboxylic acids is 1. The SMILES string of the molecule is C[C@H](NC(=O)c1ccc(Cl)cc1)c1nc(-c2ccnc(C3CC3)c2)no1. The second-order valence-corrected chi connectivity index (χ2v) is 6.84. The lowest BCUT2D eigenvalue weighted by molar-refractivity contribution is 0.0932. The van der Waals surface area contributed by atoms with Gasteiger partial charge in [0.2, 0.25) is 11.7 Å². The van der Waals surface area contributed by atoms with Crippen molar-refractivity contribution in [2.75, 3.05) is 0 Å². The molecule has 2 heterocycles. The van der Waals surface area contributed by atoms with Gasteiger partial charge in [0.1, 0.15) is 6.04 Å². The Hall–Kier alpha value is -2.73. The van der Waals surface area contributed by atoms with E-state index in [1.807, 2.05) is 12.1 Å². The minimum atomic E-state index is -0.413. The van der Waals surface area contributed by atoms with Crippen molar-refractivity contribution in [2.24, 2.45) is 0 Å². The van der Waals surface area contributed by atoms with Crippen LogP contribution >= 0.6 is 11.6 Å². The topological polar surface area (TPSA) is 80.9 Å². The van der Waals surface area contributed by atoms with Crippen molar-refractivity contribution in [1.29, 1.82) is 0 Å². The fraction of sp³-hybridized carbons (Fsp3) is 0.263. The molecular weight excluding hydrogens is 352 g/mol. The lowest BCUT2D eigenvalue weighted by Gasteiger charge is -2.09. The van der Waals surface area contributed by atoms with Gasteiger partial charge >= 0.3 is 0 Å². The maximum Gasteiger partial charge on any atom is 0.251 e. The molecule has 1 aliphatic rings. The largest absolute Gasteiger partial charge is 0.341 e. The van der Waals surface area contributed by atoms with Crippen LogP contribution in [-0.4, -0.2) is 21.0 Å². The molecule has 132 valence electrons. The number of aromatic nitrogens is 3. The molecule has 1 amide bonds. The second-order valence-electron chi connectivity index (χ2n) is 6.40. The van der Waals surface area contributed by atoms with Crippen LogP contribution in [0.2, 0.25) is 5.02 Å². The highest BCUT2D eigenvalue weighted by molar-refractivity contribution is 6.30. The molecule has 3 aromatic rings. The summed E-state index contributed by atoms with van der Waals surface area (Å²) in [5.41, 5.74) is 2.45. The summed E-state index contributed by atoms with van der Waals surface area (Å²) in [6.45, 7) is 1.80. The van der Waals surface area contributed by atoms with Gasteiger partial charge in [0, 0.05) is 34.0 Å². The smallest absolute Gasteiger partial charge is 0.251 e. The highest BCUT2D eigenvalue weighted by atomic mass is 35.5. The Balaban J connectivity index is 1.47. The lowest BCUT2D eigenvalue weighted by atomic mass is 10.1. The van der Waals surface area contributed by atoms with Gasteiger partial charge < -0.3 is 9.84 Å². The van der Waals surface area contributed by atoms with Crippen LogP contribution in [-0.2, 0) is 0 Å². The Morgan fingerprint density at radius 2 is 2.04 bits per heavy atom. The summed E-state index contributed by atoms with van der Waals surface area (Å²) in [5.74, 6) is 1.18. The first kappa shape index (κ1) is 16.7. The number of rotatable bonds is 5. The Morgan fingerprint density at radius 3 is 2.77 bits per heavy atom. The van der Waals surface area contributed by atoms with Gasteiger partial charge in [-0.05, 0) is 56.2 Å². The zero-order valence-corrected chi connectivity index (χ0v) is 14.9. The monoisotopic (exact) mass is 368 g/mol. The fourth-order valence-electron chi connectivity index (χ4n) is 2.66. The third-order valence-corrected chi connectivity index (χ3v) is 4.55. The summed E-state index contributed by atoms with van der Waals surface area (Å²) in [6.07, 6.45) is 4.13. The number of benzene rings is 1. The second kappa shape index (κ2) is 6.88. The van der Waals surface area contributed by atoms with Crippen molar-refractivity contribution >= 4 is 17.5 Å². The molecule has 0 bridgehead atoms. The Kier molecular flexibility index (Phi) is 4.42. The summed E-state index contributed by atoms with van der Waals surface area (Å²) in [4.78, 5) is 21.1. The van der Waals surface area contributed by atoms with Gasteiger partial charge in [-0.25, -0.2) is 0 Å². The summed E-state index contributed by atoms with van der Waals surface area (Å²) >= 11 is 5.84. The zero-order chi connectivity index (χ0) is 18.1. The molecule has 7 heteroatoms. The van der Waals surface area contributed by atoms with E-state index in [2.05, 4.69) is 20.4 Å². The molecule has 0 unspecified atom stereocenters. The normalized spacial score (nSPS) is 14.8. The Morgan fingerprint density at radius 1 is 1.27 bits per heavy atom. The van der Waals surface area contributed by atoms with Crippen molar-refractivity contribution in [3.05, 3.63) is 64.8 Å². The molecule has 26 heavy (non-hydrogen) atoms. The van der Waals surface area contributed by atoms with Gasteiger partial charge in [0.15, 0.2) is 0 Å². The van der Waals surface area contributed by atoms with Gasteiger partial charge in [-0.3, -0.25) is 9.78 Å². The molecule has 6 nitrogen and oxygen atoms in total. The van der Waals surface area contributed by atoms with E-state index in [-0.39, 0.29) is 5.91 Å². The Bertz CT molecular complexity index is 935. The minimum absolute atomic E-state index is 0.228. The van der Waals surface area contributed by atoms with Crippen LogP contribution in [0.1, 0.15) is 53.7 Å². The first-order chi connectivity index (χ1) is 12.6. The maximum absolute atomic E-state index is 12.3. The molecule has 1 fully saturated rings. The standard InChI is InChI=1S/C19H17ClN4O2/c1-11(22-18(25)13-4-6-15(20)7-5-13)19-23-17(24-26-19)14-8-9-21-16(10-14)12-2-3-12/h4-12H,2-3H2,1H3,(H,22,25)/t11-/m0/s1. The molecular formula is C19H17ClN4O2. The van der Waals surface area contributed by atoms with Crippen molar-refractivity contribution in [1.82, 2.24) is 20.4 Å². The Labute approximate surface area is 155 Å². The van der Waals surface area contributed by atoms with Crippen LogP contribution in [0.25, 0.3) is 11.4 Å². The highest BCUT2D eigenvalue weighted by Gasteiger charge is 2.25. The third kappa shape index (κ3) is 3.60. The molecule has 0 radical (unpaired) electrons. The van der Waals surface area contributed by atoms with Crippen LogP contribution in [0.4, 0.5) is 0 Å². The van der Waals surface area contributed by atoms with Crippen LogP contribution in [0, 0.1) is 0 Å². The minimum Gasteiger partial charge on any atom is -0.341 e. The van der Waals surface area contributed by atoms with E-state index in [9.17, 15) is 4.79 Å². The van der Waals surface area contributed by atoms with Crippen molar-refractivity contribution in [2.45, 2.75) is 31.7 Å². The predicted molar refractivity (Wildman–Crippen MR) is 96.8 cm³/mol. The lowest BCUT2D eigenvalue weighted by Crippen LogP contribution is -2.26. The molecule has 0 aliphatic heterocycles. The number of carbonyl (C=O) groups is 1. The van der Waals surface area contributed by atoms with E-state index in [0.717, 1.165) is 11.3 Å². The van der Waals surface area contributed by atoms with Gasteiger partial charge in [-0.1, -0.05) is 16.8 Å². The predicted octanol–water partition coefficient (Wildman–Crippen LogP) is 4.15. The van der Waals surface area contributed by atoms with Gasteiger partial charge in [0.05, 0.1) is 0 Å². The molecule has 0 saturated heterocycles. The first-order valence-electron chi connectivity index (χ1n) is 8.46. The number of nitrogens with one attached hydrogen (secondary N) is 1. The molecule has 1 N–H and O–H groups in total. The third-order valence-electron chi connectivity index (χ3n) is 4.30. The van der Waals surface area contributed by atoms with Crippen LogP contribution in [0.5, 0.6) is 0 Å². The quantitative estimate of drug-likeness (QED) is 0.731. The number of pyridine rings is 1. The van der Waals surface area contributed by atoms with Gasteiger partial charge in [0.25, 0.3) is 5.91 Å². The van der Waals surface area contributed by atoms with Crippen molar-refractivity contribution in [3.8, 4) is 11.4 Å². The zero-order valence-electron chi connectivity index (χ0n) is 14.1. The van der Waals surface area contributed by atoms with Crippen molar-refractivity contribution < 1.29 is 9.32 Å². The van der Waals surface area contributed by atoms with Crippen LogP contribution < -0.4 is 5.32 Å². The molecule has 2 aromatic heterocycles. The summed E-state index contributed by atoms with van der Waals surface area (Å²) in [5, 5.41) is 7.47. The van der Waals surface area contributed by atoms with E-state index in [4.69, 9.17) is 16.1 Å². The molecule has 1 saturated carbocycles. The highest BCUT2D eigenvalue weighted by Crippen LogP contribution is 2.39. The van der Waals surface area contributed by atoms with E-state index in [0.29, 0.717) is 28.2 Å². The molecule has 4 rings (SSSR count). The molecule has 1 aromatic carbocycles. The van der Waals surface area contributed by atoms with E-state index in [1.165, 1.54) is 12.8 Å². The van der Waals surface area contributed by atoms with Gasteiger partial charge in [-0.15, -0.1) is 0 Å². The average molecular weight is 369 g/mol.